The number of fused-ring (bicyclic) bond motifs is 1. The lowest BCUT2D eigenvalue weighted by Gasteiger charge is -2.34. The highest BCUT2D eigenvalue weighted by Gasteiger charge is 2.24. The number of amides is 2. The van der Waals surface area contributed by atoms with E-state index in [1.165, 1.54) is 23.1 Å². The Morgan fingerprint density at radius 2 is 1.82 bits per heavy atom. The van der Waals surface area contributed by atoms with Gasteiger partial charge >= 0.3 is 0 Å². The quantitative estimate of drug-likeness (QED) is 0.393. The van der Waals surface area contributed by atoms with Gasteiger partial charge in [0.2, 0.25) is 11.0 Å². The first-order valence-corrected chi connectivity index (χ1v) is 12.7. The number of rotatable bonds is 7. The summed E-state index contributed by atoms with van der Waals surface area (Å²) in [6.07, 6.45) is 1.58. The number of carbonyl (C=O) groups excluding carboxylic acids is 2. The van der Waals surface area contributed by atoms with E-state index in [1.807, 2.05) is 53.4 Å². The summed E-state index contributed by atoms with van der Waals surface area (Å²) in [6.45, 7) is 3.02. The van der Waals surface area contributed by atoms with Crippen LogP contribution in [0.1, 0.15) is 16.1 Å². The van der Waals surface area contributed by atoms with Gasteiger partial charge < -0.3 is 19.5 Å². The maximum atomic E-state index is 13.0. The SMILES string of the molecule is O=C(CSc1nnc(N2CCN(C(=O)c3ccc4ccccc4c3)CC2)s1)NCc1ccco1. The topological polar surface area (TPSA) is 91.6 Å². The summed E-state index contributed by atoms with van der Waals surface area (Å²) in [5.74, 6) is 0.955. The third-order valence-electron chi connectivity index (χ3n) is 5.60. The van der Waals surface area contributed by atoms with Crippen molar-refractivity contribution in [3.05, 3.63) is 72.2 Å². The molecule has 1 saturated heterocycles. The van der Waals surface area contributed by atoms with Crippen molar-refractivity contribution in [1.29, 1.82) is 0 Å². The molecule has 8 nitrogen and oxygen atoms in total. The Hall–Kier alpha value is -3.37. The molecular formula is C24H23N5O3S2. The van der Waals surface area contributed by atoms with E-state index in [4.69, 9.17) is 4.42 Å². The Bertz CT molecular complexity index is 1280. The summed E-state index contributed by atoms with van der Waals surface area (Å²) in [5, 5.41) is 14.3. The highest BCUT2D eigenvalue weighted by atomic mass is 32.2. The summed E-state index contributed by atoms with van der Waals surface area (Å²) in [6, 6.07) is 17.5. The van der Waals surface area contributed by atoms with Gasteiger partial charge in [-0.3, -0.25) is 9.59 Å². The minimum absolute atomic E-state index is 0.0551. The lowest BCUT2D eigenvalue weighted by atomic mass is 10.1. The summed E-state index contributed by atoms with van der Waals surface area (Å²) >= 11 is 2.83. The van der Waals surface area contributed by atoms with Gasteiger partial charge in [-0.2, -0.15) is 0 Å². The second kappa shape index (κ2) is 10.3. The molecule has 2 aromatic carbocycles. The van der Waals surface area contributed by atoms with Crippen LogP contribution in [0.2, 0.25) is 0 Å². The predicted octanol–water partition coefficient (Wildman–Crippen LogP) is 3.66. The number of aromatic nitrogens is 2. The molecule has 0 aliphatic carbocycles. The van der Waals surface area contributed by atoms with Crippen molar-refractivity contribution >= 4 is 50.8 Å². The van der Waals surface area contributed by atoms with Crippen LogP contribution in [0.15, 0.2) is 69.6 Å². The Balaban J connectivity index is 1.11. The van der Waals surface area contributed by atoms with E-state index in [0.717, 1.165) is 26.0 Å². The predicted molar refractivity (Wildman–Crippen MR) is 133 cm³/mol. The van der Waals surface area contributed by atoms with Crippen LogP contribution in [-0.2, 0) is 11.3 Å². The molecular weight excluding hydrogens is 470 g/mol. The fourth-order valence-corrected chi connectivity index (χ4v) is 5.49. The highest BCUT2D eigenvalue weighted by Crippen LogP contribution is 2.29. The maximum Gasteiger partial charge on any atom is 0.253 e. The number of nitrogens with zero attached hydrogens (tertiary/aromatic N) is 4. The van der Waals surface area contributed by atoms with Crippen molar-refractivity contribution in [3.63, 3.8) is 0 Å². The Kier molecular flexibility index (Phi) is 6.77. The van der Waals surface area contributed by atoms with E-state index in [9.17, 15) is 9.59 Å². The van der Waals surface area contributed by atoms with Crippen molar-refractivity contribution in [1.82, 2.24) is 20.4 Å². The third kappa shape index (κ3) is 5.23. The first-order chi connectivity index (χ1) is 16.7. The van der Waals surface area contributed by atoms with Gasteiger partial charge in [-0.1, -0.05) is 53.4 Å². The second-order valence-corrected chi connectivity index (χ2v) is 10.0. The molecule has 2 amide bonds. The van der Waals surface area contributed by atoms with Gasteiger partial charge in [0, 0.05) is 31.7 Å². The van der Waals surface area contributed by atoms with E-state index in [0.29, 0.717) is 38.3 Å². The van der Waals surface area contributed by atoms with E-state index in [1.54, 1.807) is 12.3 Å². The molecule has 2 aromatic heterocycles. The zero-order valence-electron chi connectivity index (χ0n) is 18.3. The molecule has 174 valence electrons. The molecule has 1 aliphatic heterocycles. The molecule has 34 heavy (non-hydrogen) atoms. The monoisotopic (exact) mass is 493 g/mol. The number of furan rings is 1. The molecule has 1 N–H and O–H groups in total. The normalized spacial score (nSPS) is 13.9. The Morgan fingerprint density at radius 3 is 2.62 bits per heavy atom. The molecule has 0 spiro atoms. The van der Waals surface area contributed by atoms with Crippen LogP contribution in [0.5, 0.6) is 0 Å². The van der Waals surface area contributed by atoms with Crippen molar-refractivity contribution in [2.24, 2.45) is 0 Å². The van der Waals surface area contributed by atoms with Gasteiger partial charge in [0.15, 0.2) is 4.34 Å². The number of hydrogen-bond acceptors (Lipinski definition) is 8. The average molecular weight is 494 g/mol. The summed E-state index contributed by atoms with van der Waals surface area (Å²) in [4.78, 5) is 29.1. The Labute approximate surface area is 204 Å². The van der Waals surface area contributed by atoms with Gasteiger partial charge in [0.1, 0.15) is 5.76 Å². The minimum atomic E-state index is -0.0843. The summed E-state index contributed by atoms with van der Waals surface area (Å²) < 4.78 is 5.96. The largest absolute Gasteiger partial charge is 0.467 e. The van der Waals surface area contributed by atoms with Crippen LogP contribution in [0.4, 0.5) is 5.13 Å². The van der Waals surface area contributed by atoms with Gasteiger partial charge in [-0.05, 0) is 35.0 Å². The first kappa shape index (κ1) is 22.4. The zero-order valence-corrected chi connectivity index (χ0v) is 20.0. The van der Waals surface area contributed by atoms with E-state index < -0.39 is 0 Å². The molecule has 1 aliphatic rings. The molecule has 4 aromatic rings. The molecule has 0 saturated carbocycles. The molecule has 5 rings (SSSR count). The zero-order chi connectivity index (χ0) is 23.3. The van der Waals surface area contributed by atoms with Gasteiger partial charge in [-0.25, -0.2) is 0 Å². The lowest BCUT2D eigenvalue weighted by molar-refractivity contribution is -0.118. The summed E-state index contributed by atoms with van der Waals surface area (Å²) in [5.41, 5.74) is 0.715. The standard InChI is InChI=1S/C24H23N5O3S2/c30-21(25-15-20-6-3-13-32-20)16-33-24-27-26-23(34-24)29-11-9-28(10-12-29)22(31)19-8-7-17-4-1-2-5-18(17)14-19/h1-8,13-14H,9-12,15-16H2,(H,25,30). The maximum absolute atomic E-state index is 13.0. The number of piperazine rings is 1. The molecule has 0 bridgehead atoms. The van der Waals surface area contributed by atoms with Crippen LogP contribution >= 0.6 is 23.1 Å². The molecule has 0 atom stereocenters. The minimum Gasteiger partial charge on any atom is -0.467 e. The number of carbonyl (C=O) groups is 2. The van der Waals surface area contributed by atoms with Crippen molar-refractivity contribution in [2.45, 2.75) is 10.9 Å². The van der Waals surface area contributed by atoms with E-state index in [2.05, 4.69) is 20.4 Å². The van der Waals surface area contributed by atoms with Crippen LogP contribution < -0.4 is 10.2 Å². The van der Waals surface area contributed by atoms with Gasteiger partial charge in [0.25, 0.3) is 5.91 Å². The van der Waals surface area contributed by atoms with Crippen molar-refractivity contribution < 1.29 is 14.0 Å². The number of benzene rings is 2. The number of nitrogens with one attached hydrogen (secondary N) is 1. The first-order valence-electron chi connectivity index (χ1n) is 10.9. The smallest absolute Gasteiger partial charge is 0.253 e. The number of hydrogen-bond donors (Lipinski definition) is 1. The number of anilines is 1. The number of thioether (sulfide) groups is 1. The molecule has 1 fully saturated rings. The van der Waals surface area contributed by atoms with Crippen molar-refractivity contribution in [2.75, 3.05) is 36.8 Å². The van der Waals surface area contributed by atoms with E-state index in [-0.39, 0.29) is 17.6 Å². The molecule has 10 heteroatoms. The highest BCUT2D eigenvalue weighted by molar-refractivity contribution is 8.01. The summed E-state index contributed by atoms with van der Waals surface area (Å²) in [7, 11) is 0. The Morgan fingerprint density at radius 1 is 1.00 bits per heavy atom. The second-order valence-electron chi connectivity index (χ2n) is 7.84. The van der Waals surface area contributed by atoms with Crippen LogP contribution in [0.3, 0.4) is 0 Å². The van der Waals surface area contributed by atoms with Crippen LogP contribution in [-0.4, -0.2) is 58.8 Å². The average Bonchev–Trinajstić information content (AvgIpc) is 3.58. The van der Waals surface area contributed by atoms with Gasteiger partial charge in [-0.15, -0.1) is 10.2 Å². The fourth-order valence-electron chi connectivity index (χ4n) is 3.77. The van der Waals surface area contributed by atoms with Gasteiger partial charge in [0.05, 0.1) is 18.6 Å². The fraction of sp³-hybridized carbons (Fsp3) is 0.250. The van der Waals surface area contributed by atoms with Crippen LogP contribution in [0, 0.1) is 0 Å². The molecule has 0 unspecified atom stereocenters. The third-order valence-corrected chi connectivity index (χ3v) is 7.71. The van der Waals surface area contributed by atoms with Crippen LogP contribution in [0.25, 0.3) is 10.8 Å². The van der Waals surface area contributed by atoms with E-state index >= 15 is 0 Å². The molecule has 0 radical (unpaired) electrons. The molecule has 3 heterocycles. The lowest BCUT2D eigenvalue weighted by Crippen LogP contribution is -2.48. The van der Waals surface area contributed by atoms with Crippen molar-refractivity contribution in [3.8, 4) is 0 Å².